The third-order valence-electron chi connectivity index (χ3n) is 3.98. The molecule has 2 rings (SSSR count). The molecule has 0 saturated heterocycles. The monoisotopic (exact) mass is 313 g/mol. The highest BCUT2D eigenvalue weighted by Gasteiger charge is 2.30. The van der Waals surface area contributed by atoms with E-state index in [1.807, 2.05) is 6.92 Å². The third kappa shape index (κ3) is 3.19. The summed E-state index contributed by atoms with van der Waals surface area (Å²) < 4.78 is 27.6. The van der Waals surface area contributed by atoms with E-state index in [2.05, 4.69) is 4.72 Å². The number of carbonyl (C=O) groups is 1. The van der Waals surface area contributed by atoms with Crippen molar-refractivity contribution in [1.82, 2.24) is 4.72 Å². The maximum absolute atomic E-state index is 12.5. The zero-order chi connectivity index (χ0) is 15.8. The molecule has 1 aliphatic rings. The summed E-state index contributed by atoms with van der Waals surface area (Å²) in [4.78, 5) is 10.9. The van der Waals surface area contributed by atoms with Gasteiger partial charge in [-0.2, -0.15) is 0 Å². The lowest BCUT2D eigenvalue weighted by Crippen LogP contribution is -2.36. The van der Waals surface area contributed by atoms with Crippen molar-refractivity contribution in [2.45, 2.75) is 44.0 Å². The van der Waals surface area contributed by atoms with Crippen molar-refractivity contribution >= 4 is 16.0 Å². The normalized spacial score (nSPS) is 22.4. The molecule has 1 fully saturated rings. The highest BCUT2D eigenvalue weighted by molar-refractivity contribution is 7.89. The summed E-state index contributed by atoms with van der Waals surface area (Å²) in [5.41, 5.74) is -0.101. The molecule has 0 aromatic heterocycles. The van der Waals surface area contributed by atoms with Crippen molar-refractivity contribution in [2.75, 3.05) is 0 Å². The van der Waals surface area contributed by atoms with Gasteiger partial charge in [-0.3, -0.25) is 0 Å². The molecule has 0 radical (unpaired) electrons. The zero-order valence-electron chi connectivity index (χ0n) is 12.0. The first-order valence-electron chi connectivity index (χ1n) is 6.81. The van der Waals surface area contributed by atoms with Gasteiger partial charge in [0.2, 0.25) is 10.0 Å². The van der Waals surface area contributed by atoms with E-state index in [0.717, 1.165) is 31.4 Å². The molecule has 1 aromatic carbocycles. The van der Waals surface area contributed by atoms with Crippen molar-refractivity contribution < 1.29 is 23.4 Å². The number of benzene rings is 1. The number of sulfonamides is 1. The molecule has 6 nitrogen and oxygen atoms in total. The number of carboxylic acid groups (broad SMARTS) is 1. The number of aromatic carboxylic acids is 1. The third-order valence-corrected chi connectivity index (χ3v) is 5.61. The lowest BCUT2D eigenvalue weighted by molar-refractivity contribution is 0.0693. The molecule has 0 spiro atoms. The number of hydrogen-bond acceptors (Lipinski definition) is 4. The van der Waals surface area contributed by atoms with Crippen molar-refractivity contribution in [2.24, 2.45) is 5.92 Å². The Balaban J connectivity index is 2.40. The second-order valence-corrected chi connectivity index (χ2v) is 7.26. The van der Waals surface area contributed by atoms with Crippen LogP contribution in [0.3, 0.4) is 0 Å². The summed E-state index contributed by atoms with van der Waals surface area (Å²) in [7, 11) is -3.80. The molecule has 3 N–H and O–H groups in total. The Morgan fingerprint density at radius 2 is 2.00 bits per heavy atom. The van der Waals surface area contributed by atoms with Gasteiger partial charge in [0.25, 0.3) is 0 Å². The van der Waals surface area contributed by atoms with E-state index >= 15 is 0 Å². The number of rotatable bonds is 4. The van der Waals surface area contributed by atoms with Crippen LogP contribution in [0, 0.1) is 12.8 Å². The van der Waals surface area contributed by atoms with Crippen LogP contribution >= 0.6 is 0 Å². The van der Waals surface area contributed by atoms with Crippen molar-refractivity contribution in [3.63, 3.8) is 0 Å². The van der Waals surface area contributed by atoms with Gasteiger partial charge in [0.15, 0.2) is 0 Å². The highest BCUT2D eigenvalue weighted by atomic mass is 32.2. The van der Waals surface area contributed by atoms with E-state index in [4.69, 9.17) is 5.11 Å². The van der Waals surface area contributed by atoms with Gasteiger partial charge in [0.1, 0.15) is 11.3 Å². The van der Waals surface area contributed by atoms with Crippen LogP contribution in [0.4, 0.5) is 0 Å². The molecule has 7 heteroatoms. The predicted octanol–water partition coefficient (Wildman–Crippen LogP) is 1.87. The van der Waals surface area contributed by atoms with Crippen LogP contribution in [-0.4, -0.2) is 30.6 Å². The molecule has 0 bridgehead atoms. The van der Waals surface area contributed by atoms with Gasteiger partial charge < -0.3 is 10.2 Å². The molecule has 0 amide bonds. The molecule has 0 aliphatic heterocycles. The second-order valence-electron chi connectivity index (χ2n) is 5.58. The van der Waals surface area contributed by atoms with Crippen LogP contribution in [0.25, 0.3) is 0 Å². The minimum Gasteiger partial charge on any atom is -0.507 e. The lowest BCUT2D eigenvalue weighted by atomic mass is 10.1. The maximum Gasteiger partial charge on any atom is 0.339 e. The first-order chi connectivity index (χ1) is 9.72. The summed E-state index contributed by atoms with van der Waals surface area (Å²) >= 11 is 0. The molecule has 2 unspecified atom stereocenters. The summed E-state index contributed by atoms with van der Waals surface area (Å²) in [5.74, 6) is -1.54. The smallest absolute Gasteiger partial charge is 0.339 e. The van der Waals surface area contributed by atoms with Crippen LogP contribution in [-0.2, 0) is 10.0 Å². The number of aromatic hydroxyl groups is 1. The topological polar surface area (TPSA) is 104 Å². The average molecular weight is 313 g/mol. The first-order valence-corrected chi connectivity index (χ1v) is 8.30. The van der Waals surface area contributed by atoms with Crippen molar-refractivity contribution in [1.29, 1.82) is 0 Å². The molecule has 21 heavy (non-hydrogen) atoms. The summed E-state index contributed by atoms with van der Waals surface area (Å²) in [6, 6.07) is 2.04. The summed E-state index contributed by atoms with van der Waals surface area (Å²) in [5, 5.41) is 18.6. The predicted molar refractivity (Wildman–Crippen MR) is 76.9 cm³/mol. The fraction of sp³-hybridized carbons (Fsp3) is 0.500. The molecule has 1 aromatic rings. The van der Waals surface area contributed by atoms with E-state index in [1.165, 1.54) is 6.92 Å². The van der Waals surface area contributed by atoms with Gasteiger partial charge in [-0.25, -0.2) is 17.9 Å². The van der Waals surface area contributed by atoms with Crippen LogP contribution in [0.5, 0.6) is 5.75 Å². The SMILES string of the molecule is Cc1cc(O)c(C(=O)O)cc1S(=O)(=O)NC1CCCC1C. The number of nitrogens with one attached hydrogen (secondary N) is 1. The Labute approximate surface area is 123 Å². The number of carboxylic acids is 1. The fourth-order valence-corrected chi connectivity index (χ4v) is 4.35. The van der Waals surface area contributed by atoms with Crippen molar-refractivity contribution in [3.05, 3.63) is 23.3 Å². The minimum absolute atomic E-state index is 0.100. The van der Waals surface area contributed by atoms with E-state index in [9.17, 15) is 18.3 Å². The quantitative estimate of drug-likeness (QED) is 0.787. The summed E-state index contributed by atoms with van der Waals surface area (Å²) in [6.45, 7) is 3.52. The molecule has 0 heterocycles. The van der Waals surface area contributed by atoms with Crippen LogP contribution in [0.15, 0.2) is 17.0 Å². The maximum atomic E-state index is 12.5. The largest absolute Gasteiger partial charge is 0.507 e. The van der Waals surface area contributed by atoms with Crippen LogP contribution in [0.2, 0.25) is 0 Å². The van der Waals surface area contributed by atoms with Crippen LogP contribution < -0.4 is 4.72 Å². The van der Waals surface area contributed by atoms with Gasteiger partial charge in [-0.05, 0) is 43.4 Å². The Hall–Kier alpha value is -1.60. The number of aryl methyl sites for hydroxylation is 1. The zero-order valence-corrected chi connectivity index (χ0v) is 12.8. The molecule has 1 saturated carbocycles. The molecular formula is C14H19NO5S. The lowest BCUT2D eigenvalue weighted by Gasteiger charge is -2.18. The fourth-order valence-electron chi connectivity index (χ4n) is 2.72. The van der Waals surface area contributed by atoms with Gasteiger partial charge in [0, 0.05) is 6.04 Å². The Morgan fingerprint density at radius 1 is 1.33 bits per heavy atom. The highest BCUT2D eigenvalue weighted by Crippen LogP contribution is 2.29. The Kier molecular flexibility index (Phi) is 4.25. The second kappa shape index (κ2) is 5.65. The van der Waals surface area contributed by atoms with E-state index in [1.54, 1.807) is 0 Å². The van der Waals surface area contributed by atoms with E-state index < -0.39 is 27.3 Å². The molecule has 2 atom stereocenters. The number of phenols is 1. The molecule has 1 aliphatic carbocycles. The van der Waals surface area contributed by atoms with Gasteiger partial charge >= 0.3 is 5.97 Å². The number of hydrogen-bond donors (Lipinski definition) is 3. The van der Waals surface area contributed by atoms with E-state index in [0.29, 0.717) is 5.56 Å². The van der Waals surface area contributed by atoms with Crippen molar-refractivity contribution in [3.8, 4) is 5.75 Å². The van der Waals surface area contributed by atoms with Gasteiger partial charge in [-0.15, -0.1) is 0 Å². The summed E-state index contributed by atoms with van der Waals surface area (Å²) in [6.07, 6.45) is 2.73. The van der Waals surface area contributed by atoms with E-state index in [-0.39, 0.29) is 16.9 Å². The minimum atomic E-state index is -3.80. The Bertz CT molecular complexity index is 668. The van der Waals surface area contributed by atoms with Gasteiger partial charge in [-0.1, -0.05) is 13.3 Å². The standard InChI is InChI=1S/C14H19NO5S/c1-8-4-3-5-11(8)15-21(19,20)13-7-10(14(17)18)12(16)6-9(13)2/h6-8,11,15-16H,3-5H2,1-2H3,(H,17,18). The first kappa shape index (κ1) is 15.8. The average Bonchev–Trinajstić information content (AvgIpc) is 2.73. The van der Waals surface area contributed by atoms with Gasteiger partial charge in [0.05, 0.1) is 4.90 Å². The Morgan fingerprint density at radius 3 is 2.52 bits per heavy atom. The molecule has 116 valence electrons. The molecular weight excluding hydrogens is 294 g/mol. The van der Waals surface area contributed by atoms with Crippen LogP contribution in [0.1, 0.15) is 42.1 Å².